The smallest absolute Gasteiger partial charge is 0.0882 e. The van der Waals surface area contributed by atoms with Gasteiger partial charge in [0.05, 0.1) is 6.10 Å². The summed E-state index contributed by atoms with van der Waals surface area (Å²) in [6.45, 7) is 2.23. The van der Waals surface area contributed by atoms with Crippen molar-refractivity contribution in [3.8, 4) is 0 Å². The topological polar surface area (TPSA) is 20.2 Å². The predicted octanol–water partition coefficient (Wildman–Crippen LogP) is 4.63. The van der Waals surface area contributed by atoms with Crippen molar-refractivity contribution in [3.05, 3.63) is 21.4 Å². The highest BCUT2D eigenvalue weighted by Gasteiger charge is 2.17. The Morgan fingerprint density at radius 1 is 1.24 bits per heavy atom. The molecule has 96 valence electrons. The van der Waals surface area contributed by atoms with E-state index in [-0.39, 0.29) is 6.10 Å². The second-order valence-electron chi connectivity index (χ2n) is 5.17. The molecule has 1 aromatic rings. The molecule has 2 rings (SSSR count). The predicted molar refractivity (Wildman–Crippen MR) is 74.7 cm³/mol. The lowest BCUT2D eigenvalue weighted by Gasteiger charge is -2.08. The molecule has 0 amide bonds. The van der Waals surface area contributed by atoms with Crippen LogP contribution >= 0.6 is 11.3 Å². The molecule has 1 aliphatic carbocycles. The third-order valence-electron chi connectivity index (χ3n) is 3.68. The standard InChI is InChI=1S/C15H24OS/c1-2-3-4-5-9-13(16)15-11-12-8-6-7-10-14(12)17-15/h11,13,16H,2-10H2,1H3. The molecule has 1 atom stereocenters. The first-order valence-electron chi connectivity index (χ1n) is 7.10. The van der Waals surface area contributed by atoms with E-state index in [1.54, 1.807) is 4.88 Å². The molecule has 1 aromatic heterocycles. The number of aliphatic hydroxyl groups is 1. The molecule has 1 N–H and O–H groups in total. The van der Waals surface area contributed by atoms with E-state index in [0.717, 1.165) is 12.8 Å². The van der Waals surface area contributed by atoms with Gasteiger partial charge in [0, 0.05) is 9.75 Å². The summed E-state index contributed by atoms with van der Waals surface area (Å²) in [5.41, 5.74) is 1.52. The average Bonchev–Trinajstić information content (AvgIpc) is 2.78. The van der Waals surface area contributed by atoms with E-state index in [2.05, 4.69) is 13.0 Å². The molecule has 0 fully saturated rings. The van der Waals surface area contributed by atoms with Gasteiger partial charge in [-0.25, -0.2) is 0 Å². The van der Waals surface area contributed by atoms with Gasteiger partial charge in [0.15, 0.2) is 0 Å². The van der Waals surface area contributed by atoms with Crippen LogP contribution in [0.2, 0.25) is 0 Å². The Bertz CT molecular complexity index is 319. The molecule has 0 bridgehead atoms. The second-order valence-corrected chi connectivity index (χ2v) is 6.34. The summed E-state index contributed by atoms with van der Waals surface area (Å²) >= 11 is 1.86. The first-order chi connectivity index (χ1) is 8.31. The van der Waals surface area contributed by atoms with Crippen molar-refractivity contribution in [3.63, 3.8) is 0 Å². The summed E-state index contributed by atoms with van der Waals surface area (Å²) in [7, 11) is 0. The second kappa shape index (κ2) is 6.55. The molecule has 0 saturated carbocycles. The van der Waals surface area contributed by atoms with Crippen LogP contribution in [-0.2, 0) is 12.8 Å². The zero-order valence-corrected chi connectivity index (χ0v) is 11.7. The number of unbranched alkanes of at least 4 members (excludes halogenated alkanes) is 3. The van der Waals surface area contributed by atoms with Crippen LogP contribution in [0.15, 0.2) is 6.07 Å². The van der Waals surface area contributed by atoms with Crippen LogP contribution in [0.25, 0.3) is 0 Å². The maximum absolute atomic E-state index is 10.2. The van der Waals surface area contributed by atoms with Crippen LogP contribution in [0.3, 0.4) is 0 Å². The van der Waals surface area contributed by atoms with E-state index in [9.17, 15) is 5.11 Å². The first kappa shape index (κ1) is 13.1. The molecule has 0 aliphatic heterocycles. The van der Waals surface area contributed by atoms with E-state index in [1.165, 1.54) is 55.4 Å². The molecule has 1 heterocycles. The van der Waals surface area contributed by atoms with Crippen LogP contribution in [0.1, 0.15) is 73.3 Å². The largest absolute Gasteiger partial charge is 0.388 e. The average molecular weight is 252 g/mol. The van der Waals surface area contributed by atoms with Gasteiger partial charge in [-0.3, -0.25) is 0 Å². The van der Waals surface area contributed by atoms with Gasteiger partial charge in [-0.05, 0) is 43.7 Å². The lowest BCUT2D eigenvalue weighted by molar-refractivity contribution is 0.167. The van der Waals surface area contributed by atoms with Gasteiger partial charge >= 0.3 is 0 Å². The Balaban J connectivity index is 1.86. The number of hydrogen-bond acceptors (Lipinski definition) is 2. The van der Waals surface area contributed by atoms with Gasteiger partial charge in [-0.15, -0.1) is 11.3 Å². The third-order valence-corrected chi connectivity index (χ3v) is 5.01. The van der Waals surface area contributed by atoms with Gasteiger partial charge in [-0.2, -0.15) is 0 Å². The van der Waals surface area contributed by atoms with Crippen LogP contribution in [0.4, 0.5) is 0 Å². The fourth-order valence-electron chi connectivity index (χ4n) is 2.58. The van der Waals surface area contributed by atoms with Crippen LogP contribution in [0.5, 0.6) is 0 Å². The van der Waals surface area contributed by atoms with E-state index in [4.69, 9.17) is 0 Å². The number of thiophene rings is 1. The minimum absolute atomic E-state index is 0.206. The Morgan fingerprint density at radius 2 is 2.06 bits per heavy atom. The summed E-state index contributed by atoms with van der Waals surface area (Å²) in [4.78, 5) is 2.76. The molecule has 1 aliphatic rings. The SMILES string of the molecule is CCCCCCC(O)c1cc2c(s1)CCCC2. The van der Waals surface area contributed by atoms with E-state index in [1.807, 2.05) is 11.3 Å². The molecular formula is C15H24OS. The lowest BCUT2D eigenvalue weighted by atomic mass is 9.98. The quantitative estimate of drug-likeness (QED) is 0.732. The van der Waals surface area contributed by atoms with Crippen LogP contribution in [-0.4, -0.2) is 5.11 Å². The normalized spacial score (nSPS) is 16.8. The monoisotopic (exact) mass is 252 g/mol. The summed E-state index contributed by atoms with van der Waals surface area (Å²) in [5.74, 6) is 0. The van der Waals surface area contributed by atoms with Gasteiger partial charge in [-0.1, -0.05) is 32.6 Å². The van der Waals surface area contributed by atoms with Crippen molar-refractivity contribution in [1.29, 1.82) is 0 Å². The van der Waals surface area contributed by atoms with Gasteiger partial charge < -0.3 is 5.11 Å². The van der Waals surface area contributed by atoms with E-state index >= 15 is 0 Å². The van der Waals surface area contributed by atoms with Crippen molar-refractivity contribution < 1.29 is 5.11 Å². The molecule has 0 saturated heterocycles. The van der Waals surface area contributed by atoms with E-state index < -0.39 is 0 Å². The van der Waals surface area contributed by atoms with Crippen LogP contribution in [0, 0.1) is 0 Å². The molecule has 17 heavy (non-hydrogen) atoms. The number of hydrogen-bond donors (Lipinski definition) is 1. The Labute approximate surface area is 109 Å². The van der Waals surface area contributed by atoms with Gasteiger partial charge in [0.25, 0.3) is 0 Å². The molecule has 0 spiro atoms. The van der Waals surface area contributed by atoms with Gasteiger partial charge in [0.1, 0.15) is 0 Å². The van der Waals surface area contributed by atoms with Crippen molar-refractivity contribution in [2.24, 2.45) is 0 Å². The fraction of sp³-hybridized carbons (Fsp3) is 0.733. The minimum atomic E-state index is -0.206. The number of rotatable bonds is 6. The molecule has 2 heteroatoms. The lowest BCUT2D eigenvalue weighted by Crippen LogP contribution is -1.96. The number of aliphatic hydroxyl groups excluding tert-OH is 1. The van der Waals surface area contributed by atoms with Crippen molar-refractivity contribution in [2.75, 3.05) is 0 Å². The highest BCUT2D eigenvalue weighted by atomic mass is 32.1. The molecule has 0 aromatic carbocycles. The molecular weight excluding hydrogens is 228 g/mol. The minimum Gasteiger partial charge on any atom is -0.388 e. The zero-order chi connectivity index (χ0) is 12.1. The van der Waals surface area contributed by atoms with Gasteiger partial charge in [0.2, 0.25) is 0 Å². The first-order valence-corrected chi connectivity index (χ1v) is 7.92. The molecule has 0 radical (unpaired) electrons. The Hall–Kier alpha value is -0.340. The maximum Gasteiger partial charge on any atom is 0.0882 e. The van der Waals surface area contributed by atoms with Crippen LogP contribution < -0.4 is 0 Å². The number of aryl methyl sites for hydroxylation is 2. The zero-order valence-electron chi connectivity index (χ0n) is 10.9. The molecule has 1 unspecified atom stereocenters. The Morgan fingerprint density at radius 3 is 2.82 bits per heavy atom. The Kier molecular flexibility index (Phi) is 5.05. The summed E-state index contributed by atoms with van der Waals surface area (Å²) in [6, 6.07) is 2.27. The van der Waals surface area contributed by atoms with Crippen molar-refractivity contribution in [2.45, 2.75) is 70.8 Å². The maximum atomic E-state index is 10.2. The highest BCUT2D eigenvalue weighted by molar-refractivity contribution is 7.12. The third kappa shape index (κ3) is 3.56. The summed E-state index contributed by atoms with van der Waals surface area (Å²) < 4.78 is 0. The summed E-state index contributed by atoms with van der Waals surface area (Å²) in [5, 5.41) is 10.2. The van der Waals surface area contributed by atoms with Crippen molar-refractivity contribution >= 4 is 11.3 Å². The number of fused-ring (bicyclic) bond motifs is 1. The molecule has 1 nitrogen and oxygen atoms in total. The fourth-order valence-corrected chi connectivity index (χ4v) is 3.86. The van der Waals surface area contributed by atoms with Crippen molar-refractivity contribution in [1.82, 2.24) is 0 Å². The van der Waals surface area contributed by atoms with E-state index in [0.29, 0.717) is 0 Å². The highest BCUT2D eigenvalue weighted by Crippen LogP contribution is 2.34. The summed E-state index contributed by atoms with van der Waals surface area (Å²) in [6.07, 6.45) is 10.9.